The summed E-state index contributed by atoms with van der Waals surface area (Å²) in [5.74, 6) is 0. The van der Waals surface area contributed by atoms with Gasteiger partial charge in [0.05, 0.1) is 23.3 Å². The lowest BCUT2D eigenvalue weighted by atomic mass is 10.4. The summed E-state index contributed by atoms with van der Waals surface area (Å²) >= 11 is 0. The van der Waals surface area contributed by atoms with Crippen molar-refractivity contribution in [3.8, 4) is 0 Å². The zero-order chi connectivity index (χ0) is 13.4. The average molecular weight is 274 g/mol. The van der Waals surface area contributed by atoms with Crippen molar-refractivity contribution in [3.63, 3.8) is 0 Å². The minimum absolute atomic E-state index is 0.109. The molecule has 3 nitrogen and oxygen atoms in total. The number of methoxy groups -OCH3 is 1. The molecule has 0 spiro atoms. The van der Waals surface area contributed by atoms with Gasteiger partial charge in [-0.2, -0.15) is 0 Å². The Morgan fingerprint density at radius 1 is 1.00 bits per heavy atom. The molecule has 0 aromatic heterocycles. The lowest BCUT2D eigenvalue weighted by molar-refractivity contribution is 0.122. The van der Waals surface area contributed by atoms with Gasteiger partial charge in [-0.1, -0.05) is 39.3 Å². The van der Waals surface area contributed by atoms with E-state index >= 15 is 0 Å². The number of hydrogen-bond donors (Lipinski definition) is 0. The fourth-order valence-corrected chi connectivity index (χ4v) is 7.33. The second kappa shape index (κ2) is 4.76. The van der Waals surface area contributed by atoms with Crippen molar-refractivity contribution in [3.05, 3.63) is 0 Å². The Kier molecular flexibility index (Phi) is 4.13. The van der Waals surface area contributed by atoms with Gasteiger partial charge in [0.1, 0.15) is 0 Å². The van der Waals surface area contributed by atoms with Crippen LogP contribution in [0, 0.1) is 0 Å². The van der Waals surface area contributed by atoms with Crippen LogP contribution in [0.25, 0.3) is 0 Å². The molecule has 0 aliphatic carbocycles. The Morgan fingerprint density at radius 2 is 1.35 bits per heavy atom. The number of amides is 1. The fourth-order valence-electron chi connectivity index (χ4n) is 2.87. The third-order valence-corrected chi connectivity index (χ3v) is 8.90. The summed E-state index contributed by atoms with van der Waals surface area (Å²) in [7, 11) is -1.18. The summed E-state index contributed by atoms with van der Waals surface area (Å²) in [5, 5.41) is 0. The van der Waals surface area contributed by atoms with E-state index in [0.717, 1.165) is 0 Å². The quantitative estimate of drug-likeness (QED) is 0.722. The molecule has 1 amide bonds. The number of carbonyl (C=O) groups is 1. The van der Waals surface area contributed by atoms with E-state index in [4.69, 9.17) is 4.74 Å². The second-order valence-electron chi connectivity index (χ2n) is 7.22. The third kappa shape index (κ3) is 3.13. The van der Waals surface area contributed by atoms with Crippen LogP contribution in [0.2, 0.25) is 39.3 Å². The lowest BCUT2D eigenvalue weighted by Crippen LogP contribution is -2.57. The Bertz CT molecular complexity index is 272. The SMILES string of the molecule is COC(=O)N1C([Si](C)(C)C)CCC1[Si](C)(C)C. The van der Waals surface area contributed by atoms with Crippen molar-refractivity contribution >= 4 is 22.2 Å². The molecule has 1 heterocycles. The van der Waals surface area contributed by atoms with Crippen molar-refractivity contribution in [2.75, 3.05) is 7.11 Å². The van der Waals surface area contributed by atoms with E-state index < -0.39 is 16.1 Å². The molecule has 1 aliphatic heterocycles. The molecule has 17 heavy (non-hydrogen) atoms. The number of hydrogen-bond acceptors (Lipinski definition) is 2. The van der Waals surface area contributed by atoms with E-state index in [1.165, 1.54) is 20.0 Å². The molecule has 1 fully saturated rings. The Hall–Kier alpha value is -0.296. The van der Waals surface area contributed by atoms with E-state index in [2.05, 4.69) is 44.2 Å². The highest BCUT2D eigenvalue weighted by Gasteiger charge is 2.48. The van der Waals surface area contributed by atoms with Gasteiger partial charge in [0.25, 0.3) is 0 Å². The van der Waals surface area contributed by atoms with Gasteiger partial charge in [0.15, 0.2) is 0 Å². The summed E-state index contributed by atoms with van der Waals surface area (Å²) in [6.07, 6.45) is 2.22. The smallest absolute Gasteiger partial charge is 0.409 e. The van der Waals surface area contributed by atoms with Crippen LogP contribution in [-0.4, -0.2) is 45.6 Å². The predicted molar refractivity (Wildman–Crippen MR) is 77.7 cm³/mol. The van der Waals surface area contributed by atoms with E-state index in [9.17, 15) is 4.79 Å². The van der Waals surface area contributed by atoms with Gasteiger partial charge in [0, 0.05) is 11.3 Å². The Balaban J connectivity index is 3.02. The standard InChI is InChI=1S/C12H27NO2Si2/c1-15-12(14)13-10(16(2,3)4)8-9-11(13)17(5,6)7/h10-11H,8-9H2,1-7H3. The normalized spacial score (nSPS) is 26.2. The van der Waals surface area contributed by atoms with Crippen LogP contribution in [0.3, 0.4) is 0 Å². The maximum Gasteiger partial charge on any atom is 0.409 e. The minimum atomic E-state index is -1.34. The van der Waals surface area contributed by atoms with Gasteiger partial charge in [-0.25, -0.2) is 4.79 Å². The van der Waals surface area contributed by atoms with Gasteiger partial charge >= 0.3 is 6.09 Å². The first-order valence-corrected chi connectivity index (χ1v) is 13.6. The summed E-state index contributed by atoms with van der Waals surface area (Å²) in [6, 6.07) is 0. The maximum atomic E-state index is 12.1. The molecule has 2 atom stereocenters. The van der Waals surface area contributed by atoms with Gasteiger partial charge in [-0.15, -0.1) is 0 Å². The molecular formula is C12H27NO2Si2. The number of carbonyl (C=O) groups excluding carboxylic acids is 1. The highest BCUT2D eigenvalue weighted by Crippen LogP contribution is 2.35. The van der Waals surface area contributed by atoms with E-state index in [0.29, 0.717) is 11.3 Å². The zero-order valence-corrected chi connectivity index (χ0v) is 14.3. The molecule has 1 rings (SSSR count). The van der Waals surface area contributed by atoms with E-state index in [1.807, 2.05) is 0 Å². The molecule has 1 saturated heterocycles. The number of likely N-dealkylation sites (tertiary alicyclic amines) is 1. The third-order valence-electron chi connectivity index (χ3n) is 3.77. The summed E-state index contributed by atoms with van der Waals surface area (Å²) in [5.41, 5.74) is 0.901. The first kappa shape index (κ1) is 14.8. The van der Waals surface area contributed by atoms with E-state index in [1.54, 1.807) is 0 Å². The summed E-state index contributed by atoms with van der Waals surface area (Å²) in [4.78, 5) is 14.2. The highest BCUT2D eigenvalue weighted by molar-refractivity contribution is 6.80. The second-order valence-corrected chi connectivity index (χ2v) is 18.0. The first-order chi connectivity index (χ1) is 7.59. The molecule has 0 aromatic rings. The van der Waals surface area contributed by atoms with Gasteiger partial charge in [-0.05, 0) is 12.8 Å². The summed E-state index contributed by atoms with van der Waals surface area (Å²) < 4.78 is 5.02. The van der Waals surface area contributed by atoms with Gasteiger partial charge in [0.2, 0.25) is 0 Å². The number of ether oxygens (including phenoxy) is 1. The van der Waals surface area contributed by atoms with Crippen molar-refractivity contribution in [1.29, 1.82) is 0 Å². The van der Waals surface area contributed by atoms with Crippen molar-refractivity contribution < 1.29 is 9.53 Å². The molecule has 0 radical (unpaired) electrons. The lowest BCUT2D eigenvalue weighted by Gasteiger charge is -2.39. The minimum Gasteiger partial charge on any atom is -0.453 e. The van der Waals surface area contributed by atoms with Crippen molar-refractivity contribution in [2.24, 2.45) is 0 Å². The number of nitrogens with zero attached hydrogens (tertiary/aromatic N) is 1. The van der Waals surface area contributed by atoms with Crippen molar-refractivity contribution in [1.82, 2.24) is 4.90 Å². The fraction of sp³-hybridized carbons (Fsp3) is 0.917. The topological polar surface area (TPSA) is 29.5 Å². The first-order valence-electron chi connectivity index (χ1n) is 6.45. The Labute approximate surface area is 108 Å². The van der Waals surface area contributed by atoms with Crippen molar-refractivity contribution in [2.45, 2.75) is 63.5 Å². The maximum absolute atomic E-state index is 12.1. The van der Waals surface area contributed by atoms with Gasteiger partial charge < -0.3 is 9.64 Å². The number of rotatable bonds is 2. The summed E-state index contributed by atoms with van der Waals surface area (Å²) in [6.45, 7) is 14.1. The Morgan fingerprint density at radius 3 is 1.59 bits per heavy atom. The largest absolute Gasteiger partial charge is 0.453 e. The molecule has 2 unspecified atom stereocenters. The zero-order valence-electron chi connectivity index (χ0n) is 12.3. The van der Waals surface area contributed by atoms with Crippen LogP contribution in [0.1, 0.15) is 12.8 Å². The molecular weight excluding hydrogens is 246 g/mol. The monoisotopic (exact) mass is 273 g/mol. The predicted octanol–water partition coefficient (Wildman–Crippen LogP) is 3.34. The molecule has 0 bridgehead atoms. The van der Waals surface area contributed by atoms with Crippen LogP contribution < -0.4 is 0 Å². The van der Waals surface area contributed by atoms with Gasteiger partial charge in [-0.3, -0.25) is 0 Å². The molecule has 100 valence electrons. The van der Waals surface area contributed by atoms with Crippen LogP contribution in [-0.2, 0) is 4.74 Å². The molecule has 5 heteroatoms. The van der Waals surface area contributed by atoms with E-state index in [-0.39, 0.29) is 6.09 Å². The average Bonchev–Trinajstić information content (AvgIpc) is 2.58. The van der Waals surface area contributed by atoms with Crippen LogP contribution in [0.4, 0.5) is 4.79 Å². The molecule has 1 aliphatic rings. The van der Waals surface area contributed by atoms with Crippen LogP contribution >= 0.6 is 0 Å². The van der Waals surface area contributed by atoms with Crippen LogP contribution in [0.5, 0.6) is 0 Å². The molecule has 0 saturated carbocycles. The van der Waals surface area contributed by atoms with Crippen LogP contribution in [0.15, 0.2) is 0 Å². The highest BCUT2D eigenvalue weighted by atomic mass is 28.3. The molecule has 0 N–H and O–H groups in total. The molecule has 0 aromatic carbocycles.